The average molecular weight is 438 g/mol. The molecule has 1 aliphatic rings. The number of hydrogen-bond donors (Lipinski definition) is 3. The molecule has 3 N–H and O–H groups in total. The zero-order valence-corrected chi connectivity index (χ0v) is 17.0. The molecule has 0 atom stereocenters. The van der Waals surface area contributed by atoms with Crippen LogP contribution in [0.5, 0.6) is 11.5 Å². The zero-order valence-electron chi connectivity index (χ0n) is 16.3. The predicted molar refractivity (Wildman–Crippen MR) is 105 cm³/mol. The van der Waals surface area contributed by atoms with Gasteiger partial charge in [0.05, 0.1) is 24.9 Å². The van der Waals surface area contributed by atoms with E-state index in [1.54, 1.807) is 0 Å². The molecule has 1 aromatic rings. The number of rotatable bonds is 8. The van der Waals surface area contributed by atoms with Crippen molar-refractivity contribution < 1.29 is 38.9 Å². The smallest absolute Gasteiger partial charge is 0.341 e. The van der Waals surface area contributed by atoms with Crippen LogP contribution in [0, 0.1) is 0 Å². The van der Waals surface area contributed by atoms with E-state index in [4.69, 9.17) is 16.3 Å². The van der Waals surface area contributed by atoms with Crippen LogP contribution in [0.15, 0.2) is 29.7 Å². The van der Waals surface area contributed by atoms with E-state index in [0.29, 0.717) is 12.8 Å². The number of ether oxygens (including phenoxy) is 2. The van der Waals surface area contributed by atoms with Gasteiger partial charge in [-0.05, 0) is 24.8 Å². The van der Waals surface area contributed by atoms with Crippen molar-refractivity contribution in [3.63, 3.8) is 0 Å². The molecule has 0 spiro atoms. The molecule has 0 aromatic heterocycles. The van der Waals surface area contributed by atoms with Crippen LogP contribution in [0.4, 0.5) is 0 Å². The summed E-state index contributed by atoms with van der Waals surface area (Å²) < 4.78 is 9.40. The molecule has 0 saturated carbocycles. The minimum atomic E-state index is -0.807. The highest BCUT2D eigenvalue weighted by molar-refractivity contribution is 6.33. The number of halogens is 1. The second kappa shape index (κ2) is 9.93. The van der Waals surface area contributed by atoms with Crippen LogP contribution < -0.4 is 5.32 Å². The van der Waals surface area contributed by atoms with Gasteiger partial charge in [-0.15, -0.1) is 0 Å². The fourth-order valence-corrected chi connectivity index (χ4v) is 3.09. The summed E-state index contributed by atoms with van der Waals surface area (Å²) in [4.78, 5) is 47.6. The lowest BCUT2D eigenvalue weighted by molar-refractivity contribution is -0.122. The maximum Gasteiger partial charge on any atom is 0.341 e. The first-order valence-corrected chi connectivity index (χ1v) is 9.24. The molecular formula is C20H20ClNO8. The minimum Gasteiger partial charge on any atom is -0.507 e. The SMILES string of the molecule is COC(=O)c1c(O)cc(O)c(Cl)c1CCCCC(=O)NC1=CC(=O)C(OC)=CC1=O. The Morgan fingerprint density at radius 1 is 1.07 bits per heavy atom. The Kier molecular flexibility index (Phi) is 7.60. The van der Waals surface area contributed by atoms with Gasteiger partial charge in [-0.1, -0.05) is 11.6 Å². The highest BCUT2D eigenvalue weighted by Crippen LogP contribution is 2.37. The molecule has 160 valence electrons. The summed E-state index contributed by atoms with van der Waals surface area (Å²) in [7, 11) is 2.41. The molecule has 1 amide bonds. The second-order valence-corrected chi connectivity index (χ2v) is 6.71. The van der Waals surface area contributed by atoms with E-state index >= 15 is 0 Å². The van der Waals surface area contributed by atoms with Crippen molar-refractivity contribution in [2.45, 2.75) is 25.7 Å². The van der Waals surface area contributed by atoms with Gasteiger partial charge in [0, 0.05) is 24.6 Å². The first-order chi connectivity index (χ1) is 14.2. The number of nitrogens with one attached hydrogen (secondary N) is 1. The molecule has 0 fully saturated rings. The Labute approximate surface area is 176 Å². The normalized spacial score (nSPS) is 13.4. The number of phenolic OH excluding ortho intramolecular Hbond substituents is 2. The number of aromatic hydroxyl groups is 2. The monoisotopic (exact) mass is 437 g/mol. The number of benzene rings is 1. The van der Waals surface area contributed by atoms with E-state index in [-0.39, 0.29) is 46.2 Å². The number of carbonyl (C=O) groups is 4. The molecule has 0 bridgehead atoms. The van der Waals surface area contributed by atoms with Gasteiger partial charge in [0.2, 0.25) is 17.5 Å². The summed E-state index contributed by atoms with van der Waals surface area (Å²) in [5.41, 5.74) is -0.0869. The molecule has 0 saturated heterocycles. The molecule has 1 aromatic carbocycles. The first kappa shape index (κ1) is 23.0. The second-order valence-electron chi connectivity index (χ2n) is 6.33. The van der Waals surface area contributed by atoms with Crippen LogP contribution in [-0.4, -0.2) is 47.9 Å². The van der Waals surface area contributed by atoms with Crippen LogP contribution >= 0.6 is 11.6 Å². The Hall–Kier alpha value is -3.33. The van der Waals surface area contributed by atoms with Gasteiger partial charge in [-0.2, -0.15) is 0 Å². The van der Waals surface area contributed by atoms with Crippen LogP contribution in [0.2, 0.25) is 5.02 Å². The predicted octanol–water partition coefficient (Wildman–Crippen LogP) is 1.93. The van der Waals surface area contributed by atoms with Crippen LogP contribution in [-0.2, 0) is 30.3 Å². The molecule has 30 heavy (non-hydrogen) atoms. The van der Waals surface area contributed by atoms with E-state index in [9.17, 15) is 29.4 Å². The summed E-state index contributed by atoms with van der Waals surface area (Å²) in [5, 5.41) is 22.0. The van der Waals surface area contributed by atoms with Crippen molar-refractivity contribution >= 4 is 35.0 Å². The number of allylic oxidation sites excluding steroid dienone is 2. The fraction of sp³-hybridized carbons (Fsp3) is 0.300. The van der Waals surface area contributed by atoms with Crippen molar-refractivity contribution in [3.05, 3.63) is 45.8 Å². The first-order valence-electron chi connectivity index (χ1n) is 8.87. The topological polar surface area (TPSA) is 139 Å². The van der Waals surface area contributed by atoms with Gasteiger partial charge < -0.3 is 25.0 Å². The third-order valence-electron chi connectivity index (χ3n) is 4.33. The van der Waals surface area contributed by atoms with E-state index in [1.807, 2.05) is 0 Å². The molecule has 0 aliphatic heterocycles. The minimum absolute atomic E-state index is 0.0234. The number of esters is 1. The maximum absolute atomic E-state index is 12.1. The highest BCUT2D eigenvalue weighted by atomic mass is 35.5. The molecule has 10 heteroatoms. The number of amides is 1. The Balaban J connectivity index is 1.96. The Morgan fingerprint density at radius 3 is 2.40 bits per heavy atom. The number of methoxy groups -OCH3 is 2. The lowest BCUT2D eigenvalue weighted by Gasteiger charge is -2.14. The molecule has 9 nitrogen and oxygen atoms in total. The summed E-state index contributed by atoms with van der Waals surface area (Å²) in [6.45, 7) is 0. The molecule has 0 unspecified atom stereocenters. The highest BCUT2D eigenvalue weighted by Gasteiger charge is 2.24. The summed E-state index contributed by atoms with van der Waals surface area (Å²) in [5.74, 6) is -3.32. The van der Waals surface area contributed by atoms with E-state index in [0.717, 1.165) is 25.3 Å². The average Bonchev–Trinajstić information content (AvgIpc) is 2.70. The van der Waals surface area contributed by atoms with Crippen molar-refractivity contribution in [3.8, 4) is 11.5 Å². The van der Waals surface area contributed by atoms with Crippen molar-refractivity contribution in [2.24, 2.45) is 0 Å². The van der Waals surface area contributed by atoms with Gasteiger partial charge in [-0.3, -0.25) is 14.4 Å². The number of unbranched alkanes of at least 4 members (excludes halogenated alkanes) is 1. The van der Waals surface area contributed by atoms with Crippen LogP contribution in [0.25, 0.3) is 0 Å². The largest absolute Gasteiger partial charge is 0.507 e. The van der Waals surface area contributed by atoms with Gasteiger partial charge in [0.25, 0.3) is 0 Å². The third kappa shape index (κ3) is 5.18. The number of hydrogen-bond acceptors (Lipinski definition) is 8. The van der Waals surface area contributed by atoms with E-state index < -0.39 is 29.2 Å². The van der Waals surface area contributed by atoms with Gasteiger partial charge in [0.1, 0.15) is 17.1 Å². The van der Waals surface area contributed by atoms with Gasteiger partial charge in [0.15, 0.2) is 5.76 Å². The number of carbonyl (C=O) groups excluding carboxylic acids is 4. The van der Waals surface area contributed by atoms with Crippen molar-refractivity contribution in [1.29, 1.82) is 0 Å². The molecule has 0 heterocycles. The fourth-order valence-electron chi connectivity index (χ4n) is 2.85. The van der Waals surface area contributed by atoms with Gasteiger partial charge >= 0.3 is 5.97 Å². The standard InChI is InChI=1S/C20H20ClNO8/c1-29-16-9-12(23)11(7-13(16)24)22-17(27)6-4-3-5-10-18(20(28)30-2)14(25)8-15(26)19(10)21/h7-9,25-26H,3-6H2,1-2H3,(H,22,27). The van der Waals surface area contributed by atoms with Crippen molar-refractivity contribution in [2.75, 3.05) is 14.2 Å². The zero-order chi connectivity index (χ0) is 22.4. The summed E-state index contributed by atoms with van der Waals surface area (Å²) in [6, 6.07) is 0.950. The van der Waals surface area contributed by atoms with Crippen LogP contribution in [0.1, 0.15) is 35.2 Å². The van der Waals surface area contributed by atoms with E-state index in [1.165, 1.54) is 7.11 Å². The molecular weight excluding hydrogens is 418 g/mol. The summed E-state index contributed by atoms with van der Waals surface area (Å²) >= 11 is 6.05. The lowest BCUT2D eigenvalue weighted by atomic mass is 9.99. The van der Waals surface area contributed by atoms with Crippen molar-refractivity contribution in [1.82, 2.24) is 5.32 Å². The number of ketones is 2. The van der Waals surface area contributed by atoms with Crippen LogP contribution in [0.3, 0.4) is 0 Å². The quantitative estimate of drug-likeness (QED) is 0.318. The molecule has 2 rings (SSSR count). The molecule has 1 aliphatic carbocycles. The Bertz CT molecular complexity index is 964. The maximum atomic E-state index is 12.1. The molecule has 0 radical (unpaired) electrons. The Morgan fingerprint density at radius 2 is 1.77 bits per heavy atom. The number of phenols is 2. The van der Waals surface area contributed by atoms with E-state index in [2.05, 4.69) is 10.1 Å². The lowest BCUT2D eigenvalue weighted by Crippen LogP contribution is -2.29. The summed E-state index contributed by atoms with van der Waals surface area (Å²) in [6.07, 6.45) is 2.92. The van der Waals surface area contributed by atoms with Gasteiger partial charge in [-0.25, -0.2) is 4.79 Å². The third-order valence-corrected chi connectivity index (χ3v) is 4.75.